The maximum Gasteiger partial charge on any atom is 0.435 e. The average molecular weight is 206 g/mol. The first-order chi connectivity index (χ1) is 7.09. The third kappa shape index (κ3) is 3.81. The zero-order valence-corrected chi connectivity index (χ0v) is 9.10. The highest BCUT2D eigenvalue weighted by Gasteiger charge is 2.01. The van der Waals surface area contributed by atoms with Crippen LogP contribution >= 0.6 is 0 Å². The van der Waals surface area contributed by atoms with Gasteiger partial charge in [-0.2, -0.15) is 0 Å². The lowest BCUT2D eigenvalue weighted by Gasteiger charge is -2.05. The summed E-state index contributed by atoms with van der Waals surface area (Å²) in [5, 5.41) is 3.58. The third-order valence-electron chi connectivity index (χ3n) is 1.78. The molecular formula is C11H14N2O2. The highest BCUT2D eigenvalue weighted by Crippen LogP contribution is 2.00. The maximum atomic E-state index is 11.0. The molecule has 0 spiro atoms. The van der Waals surface area contributed by atoms with Gasteiger partial charge < -0.3 is 4.90 Å². The molecule has 0 atom stereocenters. The number of carbonyl (C=O) groups is 1. The molecule has 0 aliphatic heterocycles. The van der Waals surface area contributed by atoms with Crippen LogP contribution in [0, 0.1) is 6.92 Å². The lowest BCUT2D eigenvalue weighted by Crippen LogP contribution is -2.20. The molecule has 0 fully saturated rings. The van der Waals surface area contributed by atoms with Crippen molar-refractivity contribution in [2.75, 3.05) is 14.1 Å². The number of nitrogens with zero attached hydrogens (tertiary/aromatic N) is 2. The first kappa shape index (κ1) is 11.2. The summed E-state index contributed by atoms with van der Waals surface area (Å²) < 4.78 is 0. The van der Waals surface area contributed by atoms with Crippen LogP contribution in [0.25, 0.3) is 0 Å². The number of hydrogen-bond acceptors (Lipinski definition) is 3. The van der Waals surface area contributed by atoms with Crippen molar-refractivity contribution >= 4 is 12.3 Å². The molecule has 15 heavy (non-hydrogen) atoms. The zero-order chi connectivity index (χ0) is 11.3. The van der Waals surface area contributed by atoms with Gasteiger partial charge in [-0.15, -0.1) is 0 Å². The van der Waals surface area contributed by atoms with Crippen molar-refractivity contribution in [2.24, 2.45) is 5.16 Å². The van der Waals surface area contributed by atoms with E-state index in [0.29, 0.717) is 0 Å². The normalized spacial score (nSPS) is 10.3. The number of oxime groups is 1. The van der Waals surface area contributed by atoms with Crippen LogP contribution in [0.3, 0.4) is 0 Å². The van der Waals surface area contributed by atoms with Crippen LogP contribution in [0.2, 0.25) is 0 Å². The summed E-state index contributed by atoms with van der Waals surface area (Å²) in [6.45, 7) is 2.01. The second-order valence-corrected chi connectivity index (χ2v) is 3.40. The summed E-state index contributed by atoms with van der Waals surface area (Å²) in [5.41, 5.74) is 2.07. The van der Waals surface area contributed by atoms with Crippen LogP contribution in [0.5, 0.6) is 0 Å². The van der Waals surface area contributed by atoms with Gasteiger partial charge >= 0.3 is 6.09 Å². The Bertz CT molecular complexity index is 355. The molecule has 0 saturated heterocycles. The van der Waals surface area contributed by atoms with Crippen molar-refractivity contribution in [1.82, 2.24) is 4.90 Å². The van der Waals surface area contributed by atoms with Gasteiger partial charge in [0.1, 0.15) is 0 Å². The van der Waals surface area contributed by atoms with Gasteiger partial charge in [0.15, 0.2) is 0 Å². The Morgan fingerprint density at radius 2 is 1.93 bits per heavy atom. The molecule has 0 aliphatic carbocycles. The van der Waals surface area contributed by atoms with Gasteiger partial charge in [-0.05, 0) is 12.5 Å². The highest BCUT2D eigenvalue weighted by molar-refractivity contribution is 5.79. The van der Waals surface area contributed by atoms with Crippen molar-refractivity contribution in [1.29, 1.82) is 0 Å². The van der Waals surface area contributed by atoms with Gasteiger partial charge in [0.05, 0.1) is 6.21 Å². The molecule has 0 aliphatic rings. The van der Waals surface area contributed by atoms with Crippen LogP contribution in [0.4, 0.5) is 4.79 Å². The smallest absolute Gasteiger partial charge is 0.312 e. The fourth-order valence-corrected chi connectivity index (χ4v) is 0.866. The summed E-state index contributed by atoms with van der Waals surface area (Å²) in [6, 6.07) is 7.74. The van der Waals surface area contributed by atoms with Gasteiger partial charge in [-0.3, -0.25) is 4.84 Å². The Morgan fingerprint density at radius 3 is 2.47 bits per heavy atom. The largest absolute Gasteiger partial charge is 0.435 e. The summed E-state index contributed by atoms with van der Waals surface area (Å²) in [5.74, 6) is 0. The first-order valence-corrected chi connectivity index (χ1v) is 4.58. The molecule has 0 saturated carbocycles. The Labute approximate surface area is 89.1 Å². The van der Waals surface area contributed by atoms with E-state index < -0.39 is 6.09 Å². The molecule has 0 bridgehead atoms. The molecule has 0 N–H and O–H groups in total. The standard InChI is InChI=1S/C11H14N2O2/c1-9-4-6-10(7-5-9)8-12-15-11(14)13(2)3/h4-8H,1-3H3/b12-8+. The quantitative estimate of drug-likeness (QED) is 0.422. The minimum atomic E-state index is -0.488. The number of hydrogen-bond donors (Lipinski definition) is 0. The maximum absolute atomic E-state index is 11.0. The molecule has 4 nitrogen and oxygen atoms in total. The minimum Gasteiger partial charge on any atom is -0.312 e. The van der Waals surface area contributed by atoms with E-state index in [0.717, 1.165) is 5.56 Å². The second-order valence-electron chi connectivity index (χ2n) is 3.40. The molecule has 0 radical (unpaired) electrons. The molecular weight excluding hydrogens is 192 g/mol. The van der Waals surface area contributed by atoms with E-state index in [4.69, 9.17) is 0 Å². The number of benzene rings is 1. The van der Waals surface area contributed by atoms with Gasteiger partial charge in [0, 0.05) is 14.1 Å². The summed E-state index contributed by atoms with van der Waals surface area (Å²) >= 11 is 0. The Hall–Kier alpha value is -1.84. The summed E-state index contributed by atoms with van der Waals surface area (Å²) in [4.78, 5) is 16.9. The second kappa shape index (κ2) is 5.14. The third-order valence-corrected chi connectivity index (χ3v) is 1.78. The molecule has 80 valence electrons. The Morgan fingerprint density at radius 1 is 1.33 bits per heavy atom. The highest BCUT2D eigenvalue weighted by atomic mass is 16.7. The van der Waals surface area contributed by atoms with E-state index in [1.165, 1.54) is 16.7 Å². The monoisotopic (exact) mass is 206 g/mol. The van der Waals surface area contributed by atoms with Crippen molar-refractivity contribution < 1.29 is 9.63 Å². The number of rotatable bonds is 2. The molecule has 1 aromatic carbocycles. The molecule has 1 amide bonds. The van der Waals surface area contributed by atoms with Gasteiger partial charge in [-0.1, -0.05) is 35.0 Å². The Kier molecular flexibility index (Phi) is 3.85. The lowest BCUT2D eigenvalue weighted by atomic mass is 10.2. The molecule has 0 aromatic heterocycles. The SMILES string of the molecule is Cc1ccc(/C=N/OC(=O)N(C)C)cc1. The van der Waals surface area contributed by atoms with Gasteiger partial charge in [-0.25, -0.2) is 4.79 Å². The zero-order valence-electron chi connectivity index (χ0n) is 9.10. The van der Waals surface area contributed by atoms with Crippen LogP contribution < -0.4 is 0 Å². The number of amides is 1. The molecule has 0 unspecified atom stereocenters. The van der Waals surface area contributed by atoms with E-state index in [1.807, 2.05) is 31.2 Å². The van der Waals surface area contributed by atoms with Crippen molar-refractivity contribution in [3.63, 3.8) is 0 Å². The Balaban J connectivity index is 2.51. The van der Waals surface area contributed by atoms with E-state index in [9.17, 15) is 4.79 Å². The number of aryl methyl sites for hydroxylation is 1. The van der Waals surface area contributed by atoms with Crippen molar-refractivity contribution in [3.8, 4) is 0 Å². The van der Waals surface area contributed by atoms with E-state index in [1.54, 1.807) is 14.1 Å². The van der Waals surface area contributed by atoms with Gasteiger partial charge in [0.2, 0.25) is 0 Å². The minimum absolute atomic E-state index is 0.488. The van der Waals surface area contributed by atoms with Crippen LogP contribution in [-0.4, -0.2) is 31.3 Å². The van der Waals surface area contributed by atoms with Gasteiger partial charge in [0.25, 0.3) is 0 Å². The topological polar surface area (TPSA) is 41.9 Å². The predicted octanol–water partition coefficient (Wildman–Crippen LogP) is 2.03. The van der Waals surface area contributed by atoms with Crippen LogP contribution in [0.15, 0.2) is 29.4 Å². The first-order valence-electron chi connectivity index (χ1n) is 4.58. The molecule has 0 heterocycles. The number of carbonyl (C=O) groups excluding carboxylic acids is 1. The van der Waals surface area contributed by atoms with E-state index >= 15 is 0 Å². The van der Waals surface area contributed by atoms with Crippen molar-refractivity contribution in [2.45, 2.75) is 6.92 Å². The van der Waals surface area contributed by atoms with Crippen molar-refractivity contribution in [3.05, 3.63) is 35.4 Å². The van der Waals surface area contributed by atoms with E-state index in [2.05, 4.69) is 9.99 Å². The molecule has 1 rings (SSSR count). The van der Waals surface area contributed by atoms with E-state index in [-0.39, 0.29) is 0 Å². The molecule has 1 aromatic rings. The fourth-order valence-electron chi connectivity index (χ4n) is 0.866. The fraction of sp³-hybridized carbons (Fsp3) is 0.273. The predicted molar refractivity (Wildman–Crippen MR) is 58.9 cm³/mol. The summed E-state index contributed by atoms with van der Waals surface area (Å²) in [6.07, 6.45) is 1.01. The summed E-state index contributed by atoms with van der Waals surface area (Å²) in [7, 11) is 3.20. The lowest BCUT2D eigenvalue weighted by molar-refractivity contribution is 0.123. The van der Waals surface area contributed by atoms with Crippen LogP contribution in [-0.2, 0) is 4.84 Å². The van der Waals surface area contributed by atoms with Crippen LogP contribution in [0.1, 0.15) is 11.1 Å². The average Bonchev–Trinajstić information content (AvgIpc) is 2.20. The molecule has 4 heteroatoms.